The van der Waals surface area contributed by atoms with Crippen LogP contribution in [0, 0.1) is 0 Å². The van der Waals surface area contributed by atoms with Gasteiger partial charge in [-0.3, -0.25) is 24.1 Å². The lowest BCUT2D eigenvalue weighted by Gasteiger charge is -2.17. The summed E-state index contributed by atoms with van der Waals surface area (Å²) in [6.07, 6.45) is 0. The summed E-state index contributed by atoms with van der Waals surface area (Å²) in [6, 6.07) is 10.2. The van der Waals surface area contributed by atoms with Crippen molar-refractivity contribution in [2.24, 2.45) is 0 Å². The Morgan fingerprint density at radius 2 is 1.73 bits per heavy atom. The van der Waals surface area contributed by atoms with Gasteiger partial charge >= 0.3 is 5.97 Å². The van der Waals surface area contributed by atoms with Crippen molar-refractivity contribution in [3.05, 3.63) is 57.8 Å². The zero-order valence-corrected chi connectivity index (χ0v) is 14.8. The predicted octanol–water partition coefficient (Wildman–Crippen LogP) is 1.55. The third-order valence-electron chi connectivity index (χ3n) is 3.92. The fraction of sp³-hybridized carbons (Fsp3) is 0.222. The van der Waals surface area contributed by atoms with E-state index in [-0.39, 0.29) is 17.0 Å². The number of carbonyl (C=O) groups excluding carboxylic acids is 4. The Hall–Kier alpha value is -3.00. The molecule has 2 aromatic rings. The van der Waals surface area contributed by atoms with E-state index in [1.165, 1.54) is 28.4 Å². The van der Waals surface area contributed by atoms with Crippen molar-refractivity contribution in [2.75, 3.05) is 20.2 Å². The first-order valence-corrected chi connectivity index (χ1v) is 8.72. The second kappa shape index (κ2) is 7.49. The standard InChI is InChI=1S/C18H16N2O5S/c1-19(9-12-5-4-8-26-12)15(21)11-25-16(22)10-20-17(23)13-6-2-3-7-14(13)18(20)24/h2-8H,9-11H2,1H3. The molecule has 3 amide bonds. The van der Waals surface area contributed by atoms with E-state index < -0.39 is 30.9 Å². The molecule has 1 aromatic heterocycles. The van der Waals surface area contributed by atoms with Crippen molar-refractivity contribution in [1.82, 2.24) is 9.80 Å². The van der Waals surface area contributed by atoms with Gasteiger partial charge in [0.05, 0.1) is 17.7 Å². The normalized spacial score (nSPS) is 12.9. The molecule has 0 spiro atoms. The summed E-state index contributed by atoms with van der Waals surface area (Å²) in [5.41, 5.74) is 0.522. The number of rotatable bonds is 6. The van der Waals surface area contributed by atoms with E-state index in [0.717, 1.165) is 9.78 Å². The zero-order chi connectivity index (χ0) is 18.7. The van der Waals surface area contributed by atoms with Gasteiger partial charge in [0.1, 0.15) is 6.54 Å². The Morgan fingerprint density at radius 3 is 2.31 bits per heavy atom. The molecule has 8 heteroatoms. The minimum atomic E-state index is -0.808. The maximum Gasteiger partial charge on any atom is 0.326 e. The fourth-order valence-electron chi connectivity index (χ4n) is 2.53. The van der Waals surface area contributed by atoms with Crippen LogP contribution in [0.1, 0.15) is 25.6 Å². The molecule has 7 nitrogen and oxygen atoms in total. The number of hydrogen-bond donors (Lipinski definition) is 0. The third kappa shape index (κ3) is 3.65. The molecule has 3 rings (SSSR count). The second-order valence-corrected chi connectivity index (χ2v) is 6.76. The first-order valence-electron chi connectivity index (χ1n) is 7.84. The van der Waals surface area contributed by atoms with E-state index in [1.54, 1.807) is 19.2 Å². The average Bonchev–Trinajstić information content (AvgIpc) is 3.23. The Labute approximate surface area is 153 Å². The summed E-state index contributed by atoms with van der Waals surface area (Å²) in [5, 5.41) is 1.91. The topological polar surface area (TPSA) is 84.0 Å². The van der Waals surface area contributed by atoms with E-state index in [1.807, 2.05) is 17.5 Å². The molecular formula is C18H16N2O5S. The Morgan fingerprint density at radius 1 is 1.08 bits per heavy atom. The summed E-state index contributed by atoms with van der Waals surface area (Å²) < 4.78 is 4.93. The molecular weight excluding hydrogens is 356 g/mol. The van der Waals surface area contributed by atoms with Gasteiger partial charge in [-0.05, 0) is 23.6 Å². The van der Waals surface area contributed by atoms with Crippen LogP contribution in [0.3, 0.4) is 0 Å². The molecule has 0 aliphatic carbocycles. The Kier molecular flexibility index (Phi) is 5.13. The molecule has 0 bridgehead atoms. The van der Waals surface area contributed by atoms with Crippen LogP contribution in [0.15, 0.2) is 41.8 Å². The number of carbonyl (C=O) groups is 4. The number of fused-ring (bicyclic) bond motifs is 1. The van der Waals surface area contributed by atoms with Crippen LogP contribution in [0.5, 0.6) is 0 Å². The number of imide groups is 1. The molecule has 134 valence electrons. The summed E-state index contributed by atoms with van der Waals surface area (Å²) in [6.45, 7) is -0.537. The van der Waals surface area contributed by atoms with E-state index in [4.69, 9.17) is 4.74 Å². The van der Waals surface area contributed by atoms with Crippen LogP contribution in [0.25, 0.3) is 0 Å². The van der Waals surface area contributed by atoms with Crippen molar-refractivity contribution >= 4 is 35.0 Å². The average molecular weight is 372 g/mol. The van der Waals surface area contributed by atoms with Crippen molar-refractivity contribution in [1.29, 1.82) is 0 Å². The quantitative estimate of drug-likeness (QED) is 0.567. The van der Waals surface area contributed by atoms with Crippen molar-refractivity contribution < 1.29 is 23.9 Å². The highest BCUT2D eigenvalue weighted by Crippen LogP contribution is 2.22. The Balaban J connectivity index is 1.51. The second-order valence-electron chi connectivity index (χ2n) is 5.73. The van der Waals surface area contributed by atoms with E-state index in [0.29, 0.717) is 6.54 Å². The van der Waals surface area contributed by atoms with Gasteiger partial charge in [0.15, 0.2) is 6.61 Å². The van der Waals surface area contributed by atoms with Gasteiger partial charge in [-0.1, -0.05) is 18.2 Å². The highest BCUT2D eigenvalue weighted by Gasteiger charge is 2.36. The monoisotopic (exact) mass is 372 g/mol. The van der Waals surface area contributed by atoms with Gasteiger partial charge in [-0.2, -0.15) is 0 Å². The molecule has 1 aliphatic rings. The van der Waals surface area contributed by atoms with Gasteiger partial charge < -0.3 is 9.64 Å². The lowest BCUT2D eigenvalue weighted by Crippen LogP contribution is -2.37. The molecule has 1 aliphatic heterocycles. The number of nitrogens with zero attached hydrogens (tertiary/aromatic N) is 2. The maximum absolute atomic E-state index is 12.2. The van der Waals surface area contributed by atoms with Crippen molar-refractivity contribution in [3.63, 3.8) is 0 Å². The molecule has 0 atom stereocenters. The summed E-state index contributed by atoms with van der Waals surface area (Å²) in [7, 11) is 1.61. The molecule has 0 N–H and O–H groups in total. The first kappa shape index (κ1) is 17.8. The number of likely N-dealkylation sites (N-methyl/N-ethyl adjacent to an activating group) is 1. The maximum atomic E-state index is 12.2. The number of thiophene rings is 1. The summed E-state index contributed by atoms with van der Waals surface area (Å²) >= 11 is 1.53. The number of benzene rings is 1. The third-order valence-corrected chi connectivity index (χ3v) is 4.78. The van der Waals surface area contributed by atoms with Crippen molar-refractivity contribution in [3.8, 4) is 0 Å². The minimum absolute atomic E-state index is 0.261. The number of amides is 3. The molecule has 0 saturated heterocycles. The lowest BCUT2D eigenvalue weighted by atomic mass is 10.1. The predicted molar refractivity (Wildman–Crippen MR) is 93.6 cm³/mol. The van der Waals surface area contributed by atoms with Crippen LogP contribution < -0.4 is 0 Å². The number of ether oxygens (including phenoxy) is 1. The zero-order valence-electron chi connectivity index (χ0n) is 14.0. The number of hydrogen-bond acceptors (Lipinski definition) is 6. The molecule has 0 saturated carbocycles. The SMILES string of the molecule is CN(Cc1cccs1)C(=O)COC(=O)CN1C(=O)c2ccccc2C1=O. The van der Waals surface area contributed by atoms with Crippen LogP contribution >= 0.6 is 11.3 Å². The van der Waals surface area contributed by atoms with Crippen LogP contribution in [0.2, 0.25) is 0 Å². The van der Waals surface area contributed by atoms with Gasteiger partial charge in [0, 0.05) is 11.9 Å². The molecule has 26 heavy (non-hydrogen) atoms. The molecule has 0 radical (unpaired) electrons. The highest BCUT2D eigenvalue weighted by atomic mass is 32.1. The van der Waals surface area contributed by atoms with Crippen LogP contribution in [0.4, 0.5) is 0 Å². The van der Waals surface area contributed by atoms with Gasteiger partial charge in [0.25, 0.3) is 17.7 Å². The minimum Gasteiger partial charge on any atom is -0.454 e. The first-order chi connectivity index (χ1) is 12.5. The highest BCUT2D eigenvalue weighted by molar-refractivity contribution is 7.09. The summed E-state index contributed by atoms with van der Waals surface area (Å²) in [4.78, 5) is 51.6. The van der Waals surface area contributed by atoms with E-state index >= 15 is 0 Å². The van der Waals surface area contributed by atoms with Gasteiger partial charge in [0.2, 0.25) is 0 Å². The molecule has 0 fully saturated rings. The molecule has 0 unspecified atom stereocenters. The van der Waals surface area contributed by atoms with Crippen LogP contribution in [-0.2, 0) is 20.9 Å². The molecule has 1 aromatic carbocycles. The largest absolute Gasteiger partial charge is 0.454 e. The fourth-order valence-corrected chi connectivity index (χ4v) is 3.29. The number of esters is 1. The van der Waals surface area contributed by atoms with Crippen molar-refractivity contribution in [2.45, 2.75) is 6.54 Å². The summed E-state index contributed by atoms with van der Waals surface area (Å²) in [5.74, 6) is -2.25. The van der Waals surface area contributed by atoms with Gasteiger partial charge in [-0.15, -0.1) is 11.3 Å². The lowest BCUT2D eigenvalue weighted by molar-refractivity contribution is -0.151. The Bertz CT molecular complexity index is 827. The van der Waals surface area contributed by atoms with E-state index in [2.05, 4.69) is 0 Å². The molecule has 2 heterocycles. The van der Waals surface area contributed by atoms with Crippen LogP contribution in [-0.4, -0.2) is 53.7 Å². The van der Waals surface area contributed by atoms with Gasteiger partial charge in [-0.25, -0.2) is 0 Å². The van der Waals surface area contributed by atoms with E-state index in [9.17, 15) is 19.2 Å². The smallest absolute Gasteiger partial charge is 0.326 e.